The van der Waals surface area contributed by atoms with Crippen LogP contribution in [0.2, 0.25) is 5.02 Å². The summed E-state index contributed by atoms with van der Waals surface area (Å²) in [4.78, 5) is 16.5. The van der Waals surface area contributed by atoms with E-state index in [9.17, 15) is 9.90 Å². The number of pyridine rings is 1. The molecule has 0 aliphatic carbocycles. The van der Waals surface area contributed by atoms with E-state index >= 15 is 0 Å². The van der Waals surface area contributed by atoms with Crippen LogP contribution in [0.15, 0.2) is 42.6 Å². The number of carboxylic acids is 1. The molecule has 0 saturated carbocycles. The molecule has 1 aromatic heterocycles. The van der Waals surface area contributed by atoms with Crippen LogP contribution in [0.25, 0.3) is 10.9 Å². The minimum absolute atomic E-state index is 0.154. The Kier molecular flexibility index (Phi) is 5.83. The fourth-order valence-electron chi connectivity index (χ4n) is 3.71. The molecule has 2 N–H and O–H groups in total. The first-order chi connectivity index (χ1) is 14.1. The van der Waals surface area contributed by atoms with E-state index in [-0.39, 0.29) is 5.56 Å². The molecule has 0 unspecified atom stereocenters. The molecule has 0 spiro atoms. The van der Waals surface area contributed by atoms with Crippen molar-refractivity contribution in [2.24, 2.45) is 0 Å². The van der Waals surface area contributed by atoms with Gasteiger partial charge in [0.1, 0.15) is 5.75 Å². The fourth-order valence-corrected chi connectivity index (χ4v) is 4.99. The first-order valence-electron chi connectivity index (χ1n) is 9.41. The molecule has 1 aliphatic heterocycles. The number of aromatic nitrogens is 1. The first kappa shape index (κ1) is 19.9. The molecule has 0 bridgehead atoms. The Bertz CT molecular complexity index is 1070. The molecule has 150 valence electrons. The second kappa shape index (κ2) is 8.51. The summed E-state index contributed by atoms with van der Waals surface area (Å²) in [5.41, 5.74) is 3.46. The predicted molar refractivity (Wildman–Crippen MR) is 119 cm³/mol. The maximum Gasteiger partial charge on any atom is 0.337 e. The molecule has 1 aliphatic rings. The zero-order valence-electron chi connectivity index (χ0n) is 15.9. The lowest BCUT2D eigenvalue weighted by molar-refractivity contribution is 0.0697. The largest absolute Gasteiger partial charge is 0.497 e. The third kappa shape index (κ3) is 4.14. The number of benzene rings is 2. The lowest BCUT2D eigenvalue weighted by Crippen LogP contribution is -2.12. The van der Waals surface area contributed by atoms with E-state index in [0.29, 0.717) is 22.4 Å². The maximum absolute atomic E-state index is 11.9. The van der Waals surface area contributed by atoms with Crippen molar-refractivity contribution in [1.29, 1.82) is 0 Å². The van der Waals surface area contributed by atoms with E-state index in [0.717, 1.165) is 46.5 Å². The number of anilines is 2. The molecule has 5 nitrogen and oxygen atoms in total. The van der Waals surface area contributed by atoms with Crippen LogP contribution in [0, 0.1) is 0 Å². The summed E-state index contributed by atoms with van der Waals surface area (Å²) in [6.07, 6.45) is 4.06. The Hall–Kier alpha value is -2.44. The van der Waals surface area contributed by atoms with Gasteiger partial charge in [0, 0.05) is 16.6 Å². The molecule has 29 heavy (non-hydrogen) atoms. The standard InChI is InChI=1S/C22H21ClN2O3S/c1-28-15-3-5-20(17(11-15)22(26)27)25-21-16-10-14(23)2-4-19(16)24-12-18(21)13-6-8-29-9-7-13/h2-5,10-13H,6-9H2,1H3,(H,24,25)(H,26,27). The number of halogens is 1. The summed E-state index contributed by atoms with van der Waals surface area (Å²) in [6.45, 7) is 0. The van der Waals surface area contributed by atoms with Gasteiger partial charge in [-0.3, -0.25) is 4.98 Å². The van der Waals surface area contributed by atoms with Crippen molar-refractivity contribution in [1.82, 2.24) is 4.98 Å². The number of fused-ring (bicyclic) bond motifs is 1. The zero-order valence-corrected chi connectivity index (χ0v) is 17.5. The molecule has 3 aromatic rings. The van der Waals surface area contributed by atoms with Crippen LogP contribution in [-0.2, 0) is 0 Å². The second-order valence-electron chi connectivity index (χ2n) is 6.98. The molecular weight excluding hydrogens is 408 g/mol. The molecular formula is C22H21ClN2O3S. The molecule has 1 saturated heterocycles. The Morgan fingerprint density at radius 2 is 2.03 bits per heavy atom. The van der Waals surface area contributed by atoms with Gasteiger partial charge in [0.15, 0.2) is 0 Å². The predicted octanol–water partition coefficient (Wildman–Crippen LogP) is 5.95. The summed E-state index contributed by atoms with van der Waals surface area (Å²) >= 11 is 8.25. The van der Waals surface area contributed by atoms with Crippen LogP contribution in [-0.4, -0.2) is 34.7 Å². The highest BCUT2D eigenvalue weighted by Crippen LogP contribution is 2.40. The number of hydrogen-bond donors (Lipinski definition) is 2. The zero-order chi connectivity index (χ0) is 20.4. The van der Waals surface area contributed by atoms with Gasteiger partial charge in [-0.2, -0.15) is 11.8 Å². The minimum atomic E-state index is -1.02. The number of carboxylic acid groups (broad SMARTS) is 1. The van der Waals surface area contributed by atoms with Crippen molar-refractivity contribution < 1.29 is 14.6 Å². The summed E-state index contributed by atoms with van der Waals surface area (Å²) in [5, 5.41) is 14.6. The third-order valence-corrected chi connectivity index (χ3v) is 6.52. The molecule has 0 amide bonds. The van der Waals surface area contributed by atoms with Crippen LogP contribution in [0.4, 0.5) is 11.4 Å². The average molecular weight is 429 g/mol. The van der Waals surface area contributed by atoms with Crippen LogP contribution in [0.5, 0.6) is 5.75 Å². The number of nitrogens with one attached hydrogen (secondary N) is 1. The first-order valence-corrected chi connectivity index (χ1v) is 10.9. The van der Waals surface area contributed by atoms with E-state index in [1.165, 1.54) is 13.2 Å². The molecule has 2 aromatic carbocycles. The monoisotopic (exact) mass is 428 g/mol. The van der Waals surface area contributed by atoms with Crippen molar-refractivity contribution in [3.63, 3.8) is 0 Å². The van der Waals surface area contributed by atoms with E-state index in [2.05, 4.69) is 10.3 Å². The fraction of sp³-hybridized carbons (Fsp3) is 0.273. The topological polar surface area (TPSA) is 71.5 Å². The van der Waals surface area contributed by atoms with Crippen molar-refractivity contribution in [2.75, 3.05) is 23.9 Å². The van der Waals surface area contributed by atoms with Crippen LogP contribution in [0.1, 0.15) is 34.7 Å². The summed E-state index contributed by atoms with van der Waals surface area (Å²) < 4.78 is 5.19. The number of carbonyl (C=O) groups is 1. The van der Waals surface area contributed by atoms with Gasteiger partial charge < -0.3 is 15.2 Å². The van der Waals surface area contributed by atoms with E-state index < -0.39 is 5.97 Å². The quantitative estimate of drug-likeness (QED) is 0.523. The van der Waals surface area contributed by atoms with Crippen molar-refractivity contribution >= 4 is 51.6 Å². The van der Waals surface area contributed by atoms with Gasteiger partial charge in [0.2, 0.25) is 0 Å². The molecule has 0 radical (unpaired) electrons. The van der Waals surface area contributed by atoms with Crippen LogP contribution in [0.3, 0.4) is 0 Å². The lowest BCUT2D eigenvalue weighted by atomic mass is 9.91. The van der Waals surface area contributed by atoms with Crippen LogP contribution < -0.4 is 10.1 Å². The van der Waals surface area contributed by atoms with E-state index in [1.807, 2.05) is 36.2 Å². The summed E-state index contributed by atoms with van der Waals surface area (Å²) in [5.74, 6) is 2.08. The van der Waals surface area contributed by atoms with Crippen molar-refractivity contribution in [3.05, 3.63) is 58.7 Å². The lowest BCUT2D eigenvalue weighted by Gasteiger charge is -2.25. The maximum atomic E-state index is 11.9. The molecule has 4 rings (SSSR count). The average Bonchev–Trinajstić information content (AvgIpc) is 2.74. The van der Waals surface area contributed by atoms with Gasteiger partial charge in [-0.1, -0.05) is 11.6 Å². The Morgan fingerprint density at radius 1 is 1.24 bits per heavy atom. The smallest absolute Gasteiger partial charge is 0.337 e. The number of thioether (sulfide) groups is 1. The normalized spacial score (nSPS) is 14.7. The Morgan fingerprint density at radius 3 is 2.76 bits per heavy atom. The van der Waals surface area contributed by atoms with Gasteiger partial charge in [0.25, 0.3) is 0 Å². The number of aromatic carboxylic acids is 1. The second-order valence-corrected chi connectivity index (χ2v) is 8.64. The highest BCUT2D eigenvalue weighted by Gasteiger charge is 2.22. The number of hydrogen-bond acceptors (Lipinski definition) is 5. The Labute approximate surface area is 178 Å². The number of ether oxygens (including phenoxy) is 1. The highest BCUT2D eigenvalue weighted by atomic mass is 35.5. The molecule has 7 heteroatoms. The van der Waals surface area contributed by atoms with Gasteiger partial charge in [-0.05, 0) is 72.2 Å². The van der Waals surface area contributed by atoms with Gasteiger partial charge in [0.05, 0.1) is 29.6 Å². The van der Waals surface area contributed by atoms with E-state index in [1.54, 1.807) is 12.1 Å². The summed E-state index contributed by atoms with van der Waals surface area (Å²) in [7, 11) is 1.52. The van der Waals surface area contributed by atoms with Crippen molar-refractivity contribution in [3.8, 4) is 5.75 Å². The Balaban J connectivity index is 1.87. The third-order valence-electron chi connectivity index (χ3n) is 5.24. The minimum Gasteiger partial charge on any atom is -0.497 e. The summed E-state index contributed by atoms with van der Waals surface area (Å²) in [6, 6.07) is 10.6. The number of nitrogens with zero attached hydrogens (tertiary/aromatic N) is 1. The van der Waals surface area contributed by atoms with Gasteiger partial charge in [-0.25, -0.2) is 4.79 Å². The van der Waals surface area contributed by atoms with E-state index in [4.69, 9.17) is 16.3 Å². The SMILES string of the molecule is COc1ccc(Nc2c(C3CCSCC3)cnc3ccc(Cl)cc23)c(C(=O)O)c1. The van der Waals surface area contributed by atoms with Crippen LogP contribution >= 0.6 is 23.4 Å². The molecule has 1 fully saturated rings. The highest BCUT2D eigenvalue weighted by molar-refractivity contribution is 7.99. The number of methoxy groups -OCH3 is 1. The van der Waals surface area contributed by atoms with Gasteiger partial charge in [-0.15, -0.1) is 0 Å². The van der Waals surface area contributed by atoms with Gasteiger partial charge >= 0.3 is 5.97 Å². The van der Waals surface area contributed by atoms with Crippen molar-refractivity contribution in [2.45, 2.75) is 18.8 Å². The molecule has 0 atom stereocenters. The number of rotatable bonds is 5. The molecule has 2 heterocycles.